The third-order valence-corrected chi connectivity index (χ3v) is 2.61. The van der Waals surface area contributed by atoms with Gasteiger partial charge in [-0.05, 0) is 0 Å². The molecule has 2 N–H and O–H groups in total. The molecule has 0 unspecified atom stereocenters. The molecule has 1 aliphatic rings. The second-order valence-corrected chi connectivity index (χ2v) is 3.48. The maximum atomic E-state index is 10.5. The predicted molar refractivity (Wildman–Crippen MR) is 37.7 cm³/mol. The van der Waals surface area contributed by atoms with Crippen LogP contribution in [-0.4, -0.2) is 22.1 Å². The smallest absolute Gasteiger partial charge is 0.120 e. The normalized spacial score (nSPS) is 36.8. The van der Waals surface area contributed by atoms with Crippen LogP contribution in [0.2, 0.25) is 0 Å². The summed E-state index contributed by atoms with van der Waals surface area (Å²) in [6.07, 6.45) is 0.951. The van der Waals surface area contributed by atoms with Crippen molar-refractivity contribution in [2.24, 2.45) is 5.73 Å². The van der Waals surface area contributed by atoms with Crippen LogP contribution in [0.25, 0.3) is 0 Å². The average molecular weight is 156 g/mol. The molecule has 0 aromatic heterocycles. The van der Waals surface area contributed by atoms with Crippen LogP contribution in [0.3, 0.4) is 0 Å². The molecule has 2 nitrogen and oxygen atoms in total. The van der Waals surface area contributed by atoms with Crippen LogP contribution in [0.4, 0.5) is 0 Å². The van der Waals surface area contributed by atoms with Crippen molar-refractivity contribution in [3.05, 3.63) is 0 Å². The third kappa shape index (κ3) is 2.22. The van der Waals surface area contributed by atoms with Gasteiger partial charge in [-0.1, -0.05) is 11.2 Å². The second-order valence-electron chi connectivity index (χ2n) is 1.86. The van der Waals surface area contributed by atoms with E-state index >= 15 is 0 Å². The summed E-state index contributed by atoms with van der Waals surface area (Å²) in [5.41, 5.74) is 5.43. The molecule has 1 heterocycles. The highest BCUT2D eigenvalue weighted by Crippen LogP contribution is 2.07. The lowest BCUT2D eigenvalue weighted by atomic mass is 10.3. The average Bonchev–Trinajstić information content (AvgIpc) is 1.87. The number of hydrogen-bond acceptors (Lipinski definition) is 2. The van der Waals surface area contributed by atoms with Crippen LogP contribution in [0.15, 0.2) is 0 Å². The molecule has 2 atom stereocenters. The summed E-state index contributed by atoms with van der Waals surface area (Å²) in [4.78, 5) is 0. The van der Waals surface area contributed by atoms with Crippen LogP contribution >= 0.6 is 12.4 Å². The number of hydrogen-bond donors (Lipinski definition) is 1. The Morgan fingerprint density at radius 3 is 2.38 bits per heavy atom. The molecule has 0 aliphatic carbocycles. The first-order chi connectivity index (χ1) is 3.29. The van der Waals surface area contributed by atoms with Gasteiger partial charge in [-0.15, -0.1) is 12.4 Å². The molecule has 1 aliphatic heterocycles. The van der Waals surface area contributed by atoms with Gasteiger partial charge in [-0.25, -0.2) is 0 Å². The highest BCUT2D eigenvalue weighted by molar-refractivity contribution is 7.91. The maximum Gasteiger partial charge on any atom is 0.120 e. The first-order valence-corrected chi connectivity index (χ1v) is 3.88. The van der Waals surface area contributed by atoms with Crippen molar-refractivity contribution in [3.8, 4) is 0 Å². The summed E-state index contributed by atoms with van der Waals surface area (Å²) in [5.74, 6) is 1.54. The second kappa shape index (κ2) is 3.56. The van der Waals surface area contributed by atoms with Gasteiger partial charge in [0, 0.05) is 6.42 Å². The summed E-state index contributed by atoms with van der Waals surface area (Å²) < 4.78 is 10.5. The fraction of sp³-hybridized carbons (Fsp3) is 1.00. The largest absolute Gasteiger partial charge is 0.616 e. The van der Waals surface area contributed by atoms with Gasteiger partial charge in [0.05, 0.1) is 6.04 Å². The first-order valence-electron chi connectivity index (χ1n) is 2.39. The predicted octanol–water partition coefficient (Wildman–Crippen LogP) is -0.112. The molecule has 50 valence electrons. The van der Waals surface area contributed by atoms with Crippen molar-refractivity contribution >= 4 is 23.6 Å². The molecule has 1 rings (SSSR count). The maximum absolute atomic E-state index is 10.5. The van der Waals surface area contributed by atoms with Crippen molar-refractivity contribution < 1.29 is 4.55 Å². The summed E-state index contributed by atoms with van der Waals surface area (Å²) in [7, 11) is 0. The molecule has 8 heavy (non-hydrogen) atoms. The minimum atomic E-state index is -0.578. The number of nitrogens with two attached hydrogens (primary N) is 1. The molecule has 0 amide bonds. The standard InChI is InChI=1S/C4H9NOS.ClH/c5-4-1-2-7(6)3-4;/h4H,1-3,5H2;1H/t4-,7+;/m1./s1. The summed E-state index contributed by atoms with van der Waals surface area (Å²) in [5, 5.41) is 0. The van der Waals surface area contributed by atoms with E-state index in [0.717, 1.165) is 17.9 Å². The zero-order valence-corrected chi connectivity index (χ0v) is 6.13. The highest BCUT2D eigenvalue weighted by Gasteiger charge is 2.21. The van der Waals surface area contributed by atoms with Gasteiger partial charge < -0.3 is 10.3 Å². The zero-order valence-electron chi connectivity index (χ0n) is 4.50. The van der Waals surface area contributed by atoms with E-state index in [1.165, 1.54) is 0 Å². The Morgan fingerprint density at radius 2 is 2.25 bits per heavy atom. The van der Waals surface area contributed by atoms with Crippen molar-refractivity contribution in [2.45, 2.75) is 12.5 Å². The van der Waals surface area contributed by atoms with Crippen LogP contribution in [0.1, 0.15) is 6.42 Å². The van der Waals surface area contributed by atoms with Gasteiger partial charge >= 0.3 is 0 Å². The van der Waals surface area contributed by atoms with Crippen molar-refractivity contribution in [3.63, 3.8) is 0 Å². The van der Waals surface area contributed by atoms with Crippen LogP contribution in [0, 0.1) is 0 Å². The van der Waals surface area contributed by atoms with Gasteiger partial charge in [0.25, 0.3) is 0 Å². The molecule has 0 radical (unpaired) electrons. The van der Waals surface area contributed by atoms with Gasteiger partial charge in [-0.2, -0.15) is 0 Å². The first kappa shape index (κ1) is 8.56. The lowest BCUT2D eigenvalue weighted by molar-refractivity contribution is 0.600. The summed E-state index contributed by atoms with van der Waals surface area (Å²) in [6.45, 7) is 0. The number of rotatable bonds is 0. The van der Waals surface area contributed by atoms with E-state index in [2.05, 4.69) is 0 Å². The highest BCUT2D eigenvalue weighted by atomic mass is 35.5. The molecule has 0 spiro atoms. The van der Waals surface area contributed by atoms with Crippen molar-refractivity contribution in [1.29, 1.82) is 0 Å². The van der Waals surface area contributed by atoms with E-state index in [-0.39, 0.29) is 18.4 Å². The number of halogens is 1. The Hall–Kier alpha value is 0.560. The zero-order chi connectivity index (χ0) is 5.28. The fourth-order valence-corrected chi connectivity index (χ4v) is 2.06. The molecular formula is C4H10ClNOS. The molecule has 1 saturated heterocycles. The van der Waals surface area contributed by atoms with Gasteiger partial charge in [-0.3, -0.25) is 0 Å². The van der Waals surface area contributed by atoms with Crippen molar-refractivity contribution in [1.82, 2.24) is 0 Å². The summed E-state index contributed by atoms with van der Waals surface area (Å²) in [6, 6.07) is 0.223. The van der Waals surface area contributed by atoms with E-state index in [9.17, 15) is 4.55 Å². The molecule has 1 fully saturated rings. The Morgan fingerprint density at radius 1 is 1.62 bits per heavy atom. The minimum absolute atomic E-state index is 0. The fourth-order valence-electron chi connectivity index (χ4n) is 0.688. The molecular weight excluding hydrogens is 146 g/mol. The topological polar surface area (TPSA) is 49.1 Å². The van der Waals surface area contributed by atoms with Gasteiger partial charge in [0.2, 0.25) is 0 Å². The van der Waals surface area contributed by atoms with Crippen LogP contribution in [0.5, 0.6) is 0 Å². The van der Waals surface area contributed by atoms with Gasteiger partial charge in [0.15, 0.2) is 0 Å². The third-order valence-electron chi connectivity index (χ3n) is 1.12. The molecule has 0 saturated carbocycles. The van der Waals surface area contributed by atoms with Crippen LogP contribution in [-0.2, 0) is 11.2 Å². The lowest BCUT2D eigenvalue weighted by Crippen LogP contribution is -2.20. The molecule has 4 heteroatoms. The van der Waals surface area contributed by atoms with E-state index < -0.39 is 11.2 Å². The molecule has 0 aromatic rings. The lowest BCUT2D eigenvalue weighted by Gasteiger charge is -1.98. The van der Waals surface area contributed by atoms with E-state index in [4.69, 9.17) is 5.73 Å². The molecule has 0 bridgehead atoms. The van der Waals surface area contributed by atoms with E-state index in [1.54, 1.807) is 0 Å². The quantitative estimate of drug-likeness (QED) is 0.497. The van der Waals surface area contributed by atoms with Gasteiger partial charge in [0.1, 0.15) is 11.5 Å². The Labute approximate surface area is 58.4 Å². The Balaban J connectivity index is 0.000000490. The Kier molecular flexibility index (Phi) is 3.81. The van der Waals surface area contributed by atoms with Crippen molar-refractivity contribution in [2.75, 3.05) is 11.5 Å². The summed E-state index contributed by atoms with van der Waals surface area (Å²) >= 11 is -0.578. The minimum Gasteiger partial charge on any atom is -0.616 e. The monoisotopic (exact) mass is 155 g/mol. The van der Waals surface area contributed by atoms with E-state index in [0.29, 0.717) is 0 Å². The SMILES string of the molecule is Cl.N[C@@H]1CC[S@+]([O-])C1. The molecule has 0 aromatic carbocycles. The van der Waals surface area contributed by atoms with E-state index in [1.807, 2.05) is 0 Å². The van der Waals surface area contributed by atoms with Crippen LogP contribution < -0.4 is 5.73 Å². The Bertz CT molecular complexity index is 65.1.